The smallest absolute Gasteiger partial charge is 0.222 e. The number of hydrogen-bond donors (Lipinski definition) is 0. The highest BCUT2D eigenvalue weighted by Gasteiger charge is 2.27. The van der Waals surface area contributed by atoms with Gasteiger partial charge in [-0.05, 0) is 46.2 Å². The minimum absolute atomic E-state index is 0.157. The van der Waals surface area contributed by atoms with Crippen LogP contribution in [0.15, 0.2) is 12.1 Å². The molecule has 0 aromatic carbocycles. The van der Waals surface area contributed by atoms with Crippen molar-refractivity contribution >= 4 is 5.91 Å². The van der Waals surface area contributed by atoms with Crippen molar-refractivity contribution < 1.29 is 9.53 Å². The molecule has 0 spiro atoms. The van der Waals surface area contributed by atoms with E-state index in [1.165, 1.54) is 0 Å². The summed E-state index contributed by atoms with van der Waals surface area (Å²) in [5, 5.41) is 4.44. The van der Waals surface area contributed by atoms with E-state index in [2.05, 4.69) is 21.1 Å². The van der Waals surface area contributed by atoms with Gasteiger partial charge in [-0.2, -0.15) is 5.10 Å². The van der Waals surface area contributed by atoms with Crippen LogP contribution in [0, 0.1) is 27.7 Å². The summed E-state index contributed by atoms with van der Waals surface area (Å²) >= 11 is 0. The van der Waals surface area contributed by atoms with Gasteiger partial charge in [-0.15, -0.1) is 0 Å². The van der Waals surface area contributed by atoms with Crippen LogP contribution in [0.1, 0.15) is 47.5 Å². The summed E-state index contributed by atoms with van der Waals surface area (Å²) in [6, 6.07) is 3.99. The maximum Gasteiger partial charge on any atom is 0.222 e. The van der Waals surface area contributed by atoms with Gasteiger partial charge >= 0.3 is 0 Å². The third kappa shape index (κ3) is 4.46. The van der Waals surface area contributed by atoms with Gasteiger partial charge in [0.15, 0.2) is 5.82 Å². The topological polar surface area (TPSA) is 73.1 Å². The molecule has 1 aliphatic heterocycles. The van der Waals surface area contributed by atoms with Crippen LogP contribution in [-0.2, 0) is 16.1 Å². The second kappa shape index (κ2) is 7.95. The van der Waals surface area contributed by atoms with Crippen LogP contribution in [0.25, 0.3) is 0 Å². The normalized spacial score (nSPS) is 17.5. The van der Waals surface area contributed by atoms with E-state index >= 15 is 0 Å². The highest BCUT2D eigenvalue weighted by Crippen LogP contribution is 2.20. The van der Waals surface area contributed by atoms with E-state index in [0.717, 1.165) is 35.7 Å². The van der Waals surface area contributed by atoms with Gasteiger partial charge in [-0.3, -0.25) is 9.48 Å². The fourth-order valence-electron chi connectivity index (χ4n) is 3.37. The summed E-state index contributed by atoms with van der Waals surface area (Å²) in [4.78, 5) is 23.4. The van der Waals surface area contributed by atoms with E-state index in [9.17, 15) is 4.79 Å². The Morgan fingerprint density at radius 2 is 1.88 bits per heavy atom. The fraction of sp³-hybridized carbons (Fsp3) is 0.579. The molecule has 1 atom stereocenters. The predicted octanol–water partition coefficient (Wildman–Crippen LogP) is 2.29. The lowest BCUT2D eigenvalue weighted by molar-refractivity contribution is -0.139. The maximum atomic E-state index is 12.6. The molecule has 2 aromatic heterocycles. The standard InChI is InChI=1S/C19H27N5O2/c1-13-10-14(2)21-19(20-13)17-12-23(8-9-26-17)18(25)6-5-7-24-16(4)11-15(3)22-24/h10-11,17H,5-9,12H2,1-4H3. The van der Waals surface area contributed by atoms with Crippen LogP contribution in [0.3, 0.4) is 0 Å². The van der Waals surface area contributed by atoms with Crippen molar-refractivity contribution in [3.63, 3.8) is 0 Å². The van der Waals surface area contributed by atoms with Crippen molar-refractivity contribution in [2.45, 2.75) is 53.2 Å². The fourth-order valence-corrected chi connectivity index (χ4v) is 3.37. The number of ether oxygens (including phenoxy) is 1. The second-order valence-electron chi connectivity index (χ2n) is 6.96. The number of carbonyl (C=O) groups excluding carboxylic acids is 1. The first-order valence-electron chi connectivity index (χ1n) is 9.15. The number of morpholine rings is 1. The molecule has 0 saturated carbocycles. The average molecular weight is 357 g/mol. The highest BCUT2D eigenvalue weighted by molar-refractivity contribution is 5.76. The first kappa shape index (κ1) is 18.5. The number of carbonyl (C=O) groups is 1. The van der Waals surface area contributed by atoms with Gasteiger partial charge in [-0.1, -0.05) is 0 Å². The van der Waals surface area contributed by atoms with E-state index < -0.39 is 0 Å². The van der Waals surface area contributed by atoms with E-state index in [-0.39, 0.29) is 12.0 Å². The van der Waals surface area contributed by atoms with Gasteiger partial charge in [0.05, 0.1) is 18.8 Å². The first-order chi connectivity index (χ1) is 12.4. The summed E-state index contributed by atoms with van der Waals surface area (Å²) in [5.74, 6) is 0.826. The quantitative estimate of drug-likeness (QED) is 0.821. The minimum atomic E-state index is -0.248. The van der Waals surface area contributed by atoms with Crippen LogP contribution in [-0.4, -0.2) is 50.3 Å². The Morgan fingerprint density at radius 3 is 2.54 bits per heavy atom. The largest absolute Gasteiger partial charge is 0.367 e. The zero-order valence-corrected chi connectivity index (χ0v) is 16.0. The highest BCUT2D eigenvalue weighted by atomic mass is 16.5. The summed E-state index contributed by atoms with van der Waals surface area (Å²) in [6.07, 6.45) is 1.05. The molecule has 1 amide bonds. The summed E-state index contributed by atoms with van der Waals surface area (Å²) in [6.45, 7) is 10.3. The lowest BCUT2D eigenvalue weighted by atomic mass is 10.2. The Balaban J connectivity index is 1.55. The Kier molecular flexibility index (Phi) is 5.66. The summed E-state index contributed by atoms with van der Waals surface area (Å²) < 4.78 is 7.78. The molecule has 3 rings (SSSR count). The van der Waals surface area contributed by atoms with Gasteiger partial charge in [-0.25, -0.2) is 9.97 Å². The molecule has 0 N–H and O–H groups in total. The van der Waals surface area contributed by atoms with Crippen molar-refractivity contribution in [3.05, 3.63) is 40.7 Å². The third-order valence-corrected chi connectivity index (χ3v) is 4.57. The average Bonchev–Trinajstić information content (AvgIpc) is 2.91. The minimum Gasteiger partial charge on any atom is -0.367 e. The molecule has 1 saturated heterocycles. The van der Waals surface area contributed by atoms with Crippen LogP contribution in [0.5, 0.6) is 0 Å². The van der Waals surface area contributed by atoms with Gasteiger partial charge < -0.3 is 9.64 Å². The summed E-state index contributed by atoms with van der Waals surface area (Å²) in [5.41, 5.74) is 3.99. The molecule has 1 unspecified atom stereocenters. The Bertz CT molecular complexity index is 766. The maximum absolute atomic E-state index is 12.6. The van der Waals surface area contributed by atoms with Gasteiger partial charge in [0, 0.05) is 36.6 Å². The molecule has 3 heterocycles. The molecule has 1 fully saturated rings. The predicted molar refractivity (Wildman–Crippen MR) is 97.7 cm³/mol. The Morgan fingerprint density at radius 1 is 1.15 bits per heavy atom. The molecule has 140 valence electrons. The number of amides is 1. The SMILES string of the molecule is Cc1cc(C)nc(C2CN(C(=O)CCCn3nc(C)cc3C)CCO2)n1. The number of aryl methyl sites for hydroxylation is 5. The van der Waals surface area contributed by atoms with E-state index in [0.29, 0.717) is 31.9 Å². The Labute approximate surface area is 154 Å². The van der Waals surface area contributed by atoms with Crippen molar-refractivity contribution in [1.29, 1.82) is 0 Å². The molecule has 7 heteroatoms. The van der Waals surface area contributed by atoms with Gasteiger partial charge in [0.25, 0.3) is 0 Å². The number of rotatable bonds is 5. The van der Waals surface area contributed by atoms with Gasteiger partial charge in [0.2, 0.25) is 5.91 Å². The molecular formula is C19H27N5O2. The second-order valence-corrected chi connectivity index (χ2v) is 6.96. The van der Waals surface area contributed by atoms with Crippen molar-refractivity contribution in [2.75, 3.05) is 19.7 Å². The molecule has 0 bridgehead atoms. The van der Waals surface area contributed by atoms with Crippen LogP contribution >= 0.6 is 0 Å². The van der Waals surface area contributed by atoms with E-state index in [4.69, 9.17) is 4.74 Å². The molecule has 7 nitrogen and oxygen atoms in total. The zero-order chi connectivity index (χ0) is 18.7. The molecule has 26 heavy (non-hydrogen) atoms. The van der Waals surface area contributed by atoms with Crippen LogP contribution in [0.4, 0.5) is 0 Å². The lowest BCUT2D eigenvalue weighted by Crippen LogP contribution is -2.42. The van der Waals surface area contributed by atoms with Gasteiger partial charge in [0.1, 0.15) is 6.10 Å². The lowest BCUT2D eigenvalue weighted by Gasteiger charge is -2.32. The van der Waals surface area contributed by atoms with E-state index in [1.807, 2.05) is 43.3 Å². The van der Waals surface area contributed by atoms with Crippen molar-refractivity contribution in [1.82, 2.24) is 24.6 Å². The van der Waals surface area contributed by atoms with Crippen molar-refractivity contribution in [2.24, 2.45) is 0 Å². The third-order valence-electron chi connectivity index (χ3n) is 4.57. The van der Waals surface area contributed by atoms with Crippen LogP contribution < -0.4 is 0 Å². The Hall–Kier alpha value is -2.28. The molecule has 1 aliphatic rings. The number of hydrogen-bond acceptors (Lipinski definition) is 5. The first-order valence-corrected chi connectivity index (χ1v) is 9.15. The number of aromatic nitrogens is 4. The number of nitrogens with zero attached hydrogens (tertiary/aromatic N) is 5. The monoisotopic (exact) mass is 357 g/mol. The molecule has 2 aromatic rings. The van der Waals surface area contributed by atoms with Crippen LogP contribution in [0.2, 0.25) is 0 Å². The molecular weight excluding hydrogens is 330 g/mol. The molecule has 0 radical (unpaired) electrons. The zero-order valence-electron chi connectivity index (χ0n) is 16.0. The van der Waals surface area contributed by atoms with Crippen molar-refractivity contribution in [3.8, 4) is 0 Å². The summed E-state index contributed by atoms with van der Waals surface area (Å²) in [7, 11) is 0. The van der Waals surface area contributed by atoms with E-state index in [1.54, 1.807) is 0 Å². The molecule has 0 aliphatic carbocycles.